The van der Waals surface area contributed by atoms with Gasteiger partial charge in [0.15, 0.2) is 9.84 Å². The van der Waals surface area contributed by atoms with Gasteiger partial charge in [-0.2, -0.15) is 0 Å². The number of nitrogens with zero attached hydrogens (tertiary/aromatic N) is 1. The molecule has 0 radical (unpaired) electrons. The molecule has 1 aromatic carbocycles. The van der Waals surface area contributed by atoms with Crippen LogP contribution in [0.3, 0.4) is 0 Å². The van der Waals surface area contributed by atoms with Crippen LogP contribution in [-0.2, 0) is 21.2 Å². The lowest BCUT2D eigenvalue weighted by molar-refractivity contribution is -0.122. The highest BCUT2D eigenvalue weighted by Gasteiger charge is 2.32. The number of hydrogen-bond acceptors (Lipinski definition) is 4. The molecule has 0 aromatic heterocycles. The number of sulfone groups is 1. The van der Waals surface area contributed by atoms with Gasteiger partial charge in [0.2, 0.25) is 5.91 Å². The minimum Gasteiger partial charge on any atom is -0.351 e. The number of amides is 1. The van der Waals surface area contributed by atoms with Gasteiger partial charge in [-0.3, -0.25) is 9.69 Å². The van der Waals surface area contributed by atoms with Gasteiger partial charge in [0.05, 0.1) is 18.1 Å². The van der Waals surface area contributed by atoms with Crippen LogP contribution in [0.5, 0.6) is 0 Å². The zero-order valence-electron chi connectivity index (χ0n) is 13.2. The number of nitrogens with one attached hydrogen (secondary N) is 1. The van der Waals surface area contributed by atoms with E-state index in [0.717, 1.165) is 11.1 Å². The van der Waals surface area contributed by atoms with Crippen molar-refractivity contribution in [2.45, 2.75) is 32.9 Å². The maximum absolute atomic E-state index is 12.1. The number of carbonyl (C=O) groups excluding carboxylic acids is 1. The van der Waals surface area contributed by atoms with Gasteiger partial charge in [-0.15, -0.1) is 0 Å². The first-order valence-corrected chi connectivity index (χ1v) is 9.49. The summed E-state index contributed by atoms with van der Waals surface area (Å²) in [5.74, 6) is 0.347. The van der Waals surface area contributed by atoms with Crippen LogP contribution in [0, 0.1) is 6.92 Å². The molecule has 1 aliphatic rings. The zero-order valence-corrected chi connectivity index (χ0v) is 14.0. The quantitative estimate of drug-likeness (QED) is 0.851. The molecule has 6 heteroatoms. The lowest BCUT2D eigenvalue weighted by Crippen LogP contribution is -2.43. The van der Waals surface area contributed by atoms with Crippen LogP contribution >= 0.6 is 0 Å². The smallest absolute Gasteiger partial charge is 0.234 e. The molecule has 1 aromatic rings. The molecule has 1 saturated heterocycles. The highest BCUT2D eigenvalue weighted by Crippen LogP contribution is 2.17. The Morgan fingerprint density at radius 3 is 2.68 bits per heavy atom. The van der Waals surface area contributed by atoms with Crippen molar-refractivity contribution in [2.24, 2.45) is 0 Å². The zero-order chi connectivity index (χ0) is 16.2. The summed E-state index contributed by atoms with van der Waals surface area (Å²) in [6, 6.07) is 7.91. The molecule has 1 heterocycles. The van der Waals surface area contributed by atoms with Gasteiger partial charge in [-0.05, 0) is 31.0 Å². The number of hydrogen-bond donors (Lipinski definition) is 1. The van der Waals surface area contributed by atoms with Gasteiger partial charge in [0.25, 0.3) is 0 Å². The summed E-state index contributed by atoms with van der Waals surface area (Å²) >= 11 is 0. The predicted octanol–water partition coefficient (Wildman–Crippen LogP) is 1.12. The molecule has 1 atom stereocenters. The van der Waals surface area contributed by atoms with Gasteiger partial charge in [-0.25, -0.2) is 8.42 Å². The van der Waals surface area contributed by atoms with Crippen LogP contribution in [0.1, 0.15) is 24.5 Å². The molecule has 1 fully saturated rings. The van der Waals surface area contributed by atoms with E-state index in [1.807, 2.05) is 43.0 Å². The first kappa shape index (κ1) is 17.0. The molecule has 1 amide bonds. The minimum atomic E-state index is -2.92. The third-order valence-electron chi connectivity index (χ3n) is 4.21. The minimum absolute atomic E-state index is 0.0285. The molecule has 122 valence electrons. The van der Waals surface area contributed by atoms with Crippen LogP contribution in [0.4, 0.5) is 0 Å². The third-order valence-corrected chi connectivity index (χ3v) is 5.97. The fraction of sp³-hybridized carbons (Fsp3) is 0.562. The lowest BCUT2D eigenvalue weighted by Gasteiger charge is -2.25. The third kappa shape index (κ3) is 4.55. The molecular formula is C16H24N2O3S. The molecule has 1 unspecified atom stereocenters. The molecule has 5 nitrogen and oxygen atoms in total. The fourth-order valence-corrected chi connectivity index (χ4v) is 4.57. The summed E-state index contributed by atoms with van der Waals surface area (Å²) in [6.07, 6.45) is 0.626. The van der Waals surface area contributed by atoms with E-state index in [1.165, 1.54) is 0 Å². The van der Waals surface area contributed by atoms with Crippen molar-refractivity contribution < 1.29 is 13.2 Å². The summed E-state index contributed by atoms with van der Waals surface area (Å²) in [6.45, 7) is 5.41. The average Bonchev–Trinajstić information content (AvgIpc) is 2.84. The molecule has 0 spiro atoms. The summed E-state index contributed by atoms with van der Waals surface area (Å²) < 4.78 is 23.1. The molecular weight excluding hydrogens is 300 g/mol. The number of likely N-dealkylation sites (N-methyl/N-ethyl adjacent to an activating group) is 1. The molecule has 0 saturated carbocycles. The van der Waals surface area contributed by atoms with Gasteiger partial charge in [0, 0.05) is 12.6 Å². The van der Waals surface area contributed by atoms with Crippen molar-refractivity contribution in [3.05, 3.63) is 35.4 Å². The molecule has 1 N–H and O–H groups in total. The summed E-state index contributed by atoms with van der Waals surface area (Å²) in [7, 11) is -2.92. The maximum atomic E-state index is 12.1. The van der Waals surface area contributed by atoms with Crippen LogP contribution in [0.25, 0.3) is 0 Å². The van der Waals surface area contributed by atoms with E-state index in [4.69, 9.17) is 0 Å². The van der Waals surface area contributed by atoms with Crippen LogP contribution in [0.15, 0.2) is 24.3 Å². The van der Waals surface area contributed by atoms with E-state index in [0.29, 0.717) is 19.5 Å². The molecule has 22 heavy (non-hydrogen) atoms. The number of rotatable bonds is 6. The Morgan fingerprint density at radius 1 is 1.36 bits per heavy atom. The van der Waals surface area contributed by atoms with E-state index in [1.54, 1.807) is 0 Å². The lowest BCUT2D eigenvalue weighted by atomic mass is 10.1. The molecule has 0 bridgehead atoms. The summed E-state index contributed by atoms with van der Waals surface area (Å²) in [5, 5.41) is 2.92. The fourth-order valence-electron chi connectivity index (χ4n) is 2.81. The Hall–Kier alpha value is -1.40. The largest absolute Gasteiger partial charge is 0.351 e. The normalized spacial score (nSPS) is 20.2. The number of benzene rings is 1. The highest BCUT2D eigenvalue weighted by molar-refractivity contribution is 7.91. The van der Waals surface area contributed by atoms with Crippen molar-refractivity contribution >= 4 is 15.7 Å². The number of carbonyl (C=O) groups is 1. The monoisotopic (exact) mass is 324 g/mol. The Morgan fingerprint density at radius 2 is 2.09 bits per heavy atom. The van der Waals surface area contributed by atoms with Crippen LogP contribution in [0.2, 0.25) is 0 Å². The van der Waals surface area contributed by atoms with Gasteiger partial charge in [-0.1, -0.05) is 31.2 Å². The van der Waals surface area contributed by atoms with Crippen molar-refractivity contribution in [2.75, 3.05) is 24.6 Å². The van der Waals surface area contributed by atoms with Crippen molar-refractivity contribution in [1.29, 1.82) is 0 Å². The highest BCUT2D eigenvalue weighted by atomic mass is 32.2. The molecule has 2 rings (SSSR count). The molecule has 0 aliphatic carbocycles. The Balaban J connectivity index is 1.86. The summed E-state index contributed by atoms with van der Waals surface area (Å²) in [4.78, 5) is 14.1. The van der Waals surface area contributed by atoms with E-state index >= 15 is 0 Å². The van der Waals surface area contributed by atoms with Crippen molar-refractivity contribution in [3.8, 4) is 0 Å². The first-order chi connectivity index (χ1) is 10.4. The SMILES string of the molecule is CCN(CC(=O)NCc1ccccc1C)C1CCS(=O)(=O)C1. The van der Waals surface area contributed by atoms with Gasteiger partial charge in [0.1, 0.15) is 0 Å². The van der Waals surface area contributed by atoms with E-state index in [2.05, 4.69) is 5.32 Å². The Labute approximate surface area is 132 Å². The van der Waals surface area contributed by atoms with Crippen molar-refractivity contribution in [3.63, 3.8) is 0 Å². The standard InChI is InChI=1S/C16H24N2O3S/c1-3-18(15-8-9-22(20,21)12-15)11-16(19)17-10-14-7-5-4-6-13(14)2/h4-7,15H,3,8-12H2,1-2H3,(H,17,19). The van der Waals surface area contributed by atoms with Gasteiger partial charge >= 0.3 is 0 Å². The molecule has 1 aliphatic heterocycles. The summed E-state index contributed by atoms with van der Waals surface area (Å²) in [5.41, 5.74) is 2.25. The van der Waals surface area contributed by atoms with Crippen molar-refractivity contribution in [1.82, 2.24) is 10.2 Å². The first-order valence-electron chi connectivity index (χ1n) is 7.67. The van der Waals surface area contributed by atoms with E-state index in [9.17, 15) is 13.2 Å². The second kappa shape index (κ2) is 7.24. The van der Waals surface area contributed by atoms with E-state index in [-0.39, 0.29) is 30.0 Å². The Bertz CT molecular complexity index is 628. The van der Waals surface area contributed by atoms with Crippen LogP contribution < -0.4 is 5.32 Å². The second-order valence-electron chi connectivity index (χ2n) is 5.82. The Kier molecular flexibility index (Phi) is 5.58. The second-order valence-corrected chi connectivity index (χ2v) is 8.05. The van der Waals surface area contributed by atoms with Gasteiger partial charge < -0.3 is 5.32 Å². The maximum Gasteiger partial charge on any atom is 0.234 e. The van der Waals surface area contributed by atoms with E-state index < -0.39 is 9.84 Å². The predicted molar refractivity (Wildman–Crippen MR) is 87.3 cm³/mol. The number of aryl methyl sites for hydroxylation is 1. The van der Waals surface area contributed by atoms with Crippen LogP contribution in [-0.4, -0.2) is 49.9 Å². The average molecular weight is 324 g/mol. The topological polar surface area (TPSA) is 66.5 Å².